The van der Waals surface area contributed by atoms with Crippen LogP contribution in [0.3, 0.4) is 0 Å². The van der Waals surface area contributed by atoms with Gasteiger partial charge in [0.05, 0.1) is 30.9 Å². The second kappa shape index (κ2) is 9.07. The van der Waals surface area contributed by atoms with Crippen LogP contribution in [-0.4, -0.2) is 98.7 Å². The number of aryl methyl sites for hydroxylation is 2. The molecule has 11 heteroatoms. The average Bonchev–Trinajstić information content (AvgIpc) is 3.44. The van der Waals surface area contributed by atoms with Crippen LogP contribution in [0, 0.1) is 0 Å². The first-order valence-corrected chi connectivity index (χ1v) is 12.5. The number of methoxy groups -OCH3 is 1. The summed E-state index contributed by atoms with van der Waals surface area (Å²) >= 11 is 0. The van der Waals surface area contributed by atoms with Gasteiger partial charge in [-0.3, -0.25) is 9.47 Å². The highest BCUT2D eigenvalue weighted by Gasteiger charge is 2.48. The lowest BCUT2D eigenvalue weighted by atomic mass is 9.92. The summed E-state index contributed by atoms with van der Waals surface area (Å²) in [6, 6.07) is 8.09. The summed E-state index contributed by atoms with van der Waals surface area (Å²) in [6.07, 6.45) is 0.757. The third-order valence-electron chi connectivity index (χ3n) is 7.32. The highest BCUT2D eigenvalue weighted by Crippen LogP contribution is 2.37. The van der Waals surface area contributed by atoms with Gasteiger partial charge in [-0.25, -0.2) is 9.97 Å². The number of anilines is 1. The van der Waals surface area contributed by atoms with Gasteiger partial charge in [-0.1, -0.05) is 19.1 Å². The van der Waals surface area contributed by atoms with Gasteiger partial charge in [0, 0.05) is 53.3 Å². The molecule has 11 nitrogen and oxygen atoms in total. The van der Waals surface area contributed by atoms with Crippen LogP contribution in [0.15, 0.2) is 24.3 Å². The van der Waals surface area contributed by atoms with Crippen LogP contribution >= 0.6 is 0 Å². The van der Waals surface area contributed by atoms with Crippen LogP contribution in [-0.2, 0) is 28.5 Å². The van der Waals surface area contributed by atoms with Gasteiger partial charge >= 0.3 is 0 Å². The van der Waals surface area contributed by atoms with E-state index in [-0.39, 0.29) is 6.61 Å². The lowest BCUT2D eigenvalue weighted by Crippen LogP contribution is -2.61. The minimum Gasteiger partial charge on any atom is -0.395 e. The molecule has 1 N–H and O–H groups in total. The van der Waals surface area contributed by atoms with Crippen molar-refractivity contribution in [3.05, 3.63) is 35.9 Å². The Hall–Kier alpha value is -3.12. The SMILES string of the molecule is CCc1nc2ccccc2n1-c1nc(N2CCOCC2)c2nc(C3(OC)CN(CCO)C3)n(C)c2n1. The molecule has 190 valence electrons. The second-order valence-corrected chi connectivity index (χ2v) is 9.45. The van der Waals surface area contributed by atoms with Crippen molar-refractivity contribution in [2.24, 2.45) is 7.05 Å². The molecule has 0 aliphatic carbocycles. The molecule has 2 fully saturated rings. The van der Waals surface area contributed by atoms with Gasteiger partial charge in [0.15, 0.2) is 22.6 Å². The number of aliphatic hydroxyl groups is 1. The molecule has 2 saturated heterocycles. The van der Waals surface area contributed by atoms with E-state index in [0.717, 1.165) is 59.2 Å². The van der Waals surface area contributed by atoms with E-state index < -0.39 is 5.60 Å². The monoisotopic (exact) mass is 492 g/mol. The smallest absolute Gasteiger partial charge is 0.239 e. The average molecular weight is 493 g/mol. The van der Waals surface area contributed by atoms with Gasteiger partial charge in [0.1, 0.15) is 11.6 Å². The zero-order chi connectivity index (χ0) is 24.9. The maximum Gasteiger partial charge on any atom is 0.239 e. The number of benzene rings is 1. The van der Waals surface area contributed by atoms with Crippen molar-refractivity contribution in [1.29, 1.82) is 0 Å². The summed E-state index contributed by atoms with van der Waals surface area (Å²) in [5.74, 6) is 3.13. The molecule has 2 aliphatic heterocycles. The number of imidazole rings is 2. The second-order valence-electron chi connectivity index (χ2n) is 9.45. The first-order chi connectivity index (χ1) is 17.6. The largest absolute Gasteiger partial charge is 0.395 e. The number of para-hydroxylation sites is 2. The fourth-order valence-corrected chi connectivity index (χ4v) is 5.41. The summed E-state index contributed by atoms with van der Waals surface area (Å²) in [4.78, 5) is 24.5. The van der Waals surface area contributed by atoms with Gasteiger partial charge in [0.2, 0.25) is 5.95 Å². The number of aliphatic hydroxyl groups excluding tert-OH is 1. The van der Waals surface area contributed by atoms with Crippen LogP contribution in [0.4, 0.5) is 5.82 Å². The van der Waals surface area contributed by atoms with Crippen LogP contribution in [0.25, 0.3) is 28.1 Å². The molecule has 0 saturated carbocycles. The van der Waals surface area contributed by atoms with Crippen molar-refractivity contribution >= 4 is 28.0 Å². The number of morpholine rings is 1. The molecule has 6 rings (SSSR count). The number of likely N-dealkylation sites (tertiary alicyclic amines) is 1. The number of aromatic nitrogens is 6. The molecule has 3 aromatic heterocycles. The van der Waals surface area contributed by atoms with Crippen molar-refractivity contribution in [3.8, 4) is 5.95 Å². The summed E-state index contributed by atoms with van der Waals surface area (Å²) in [6.45, 7) is 6.94. The van der Waals surface area contributed by atoms with E-state index in [1.807, 2.05) is 29.8 Å². The number of ether oxygens (including phenoxy) is 2. The molecule has 4 aromatic rings. The molecule has 0 radical (unpaired) electrons. The van der Waals surface area contributed by atoms with E-state index in [9.17, 15) is 5.11 Å². The highest BCUT2D eigenvalue weighted by molar-refractivity contribution is 5.86. The van der Waals surface area contributed by atoms with Gasteiger partial charge in [0.25, 0.3) is 0 Å². The molecule has 0 bridgehead atoms. The quantitative estimate of drug-likeness (QED) is 0.408. The summed E-state index contributed by atoms with van der Waals surface area (Å²) in [5.41, 5.74) is 2.87. The van der Waals surface area contributed by atoms with E-state index in [2.05, 4.69) is 27.4 Å². The van der Waals surface area contributed by atoms with Gasteiger partial charge in [-0.05, 0) is 12.1 Å². The molecular formula is C25H32N8O3. The highest BCUT2D eigenvalue weighted by atomic mass is 16.5. The molecule has 0 spiro atoms. The van der Waals surface area contributed by atoms with Gasteiger partial charge in [-0.2, -0.15) is 9.97 Å². The van der Waals surface area contributed by atoms with E-state index >= 15 is 0 Å². The first kappa shape index (κ1) is 23.3. The minimum absolute atomic E-state index is 0.122. The number of fused-ring (bicyclic) bond motifs is 2. The number of hydrogen-bond acceptors (Lipinski definition) is 9. The van der Waals surface area contributed by atoms with Crippen molar-refractivity contribution < 1.29 is 14.6 Å². The van der Waals surface area contributed by atoms with Gasteiger partial charge < -0.3 is 24.0 Å². The summed E-state index contributed by atoms with van der Waals surface area (Å²) in [7, 11) is 3.72. The maximum absolute atomic E-state index is 9.36. The Balaban J connectivity index is 1.55. The maximum atomic E-state index is 9.36. The molecule has 0 atom stereocenters. The predicted molar refractivity (Wildman–Crippen MR) is 136 cm³/mol. The molecule has 0 amide bonds. The summed E-state index contributed by atoms with van der Waals surface area (Å²) in [5, 5.41) is 9.36. The Kier molecular flexibility index (Phi) is 5.87. The molecule has 0 unspecified atom stereocenters. The Morgan fingerprint density at radius 3 is 2.58 bits per heavy atom. The zero-order valence-corrected chi connectivity index (χ0v) is 21.0. The van der Waals surface area contributed by atoms with E-state index in [1.165, 1.54) is 0 Å². The molecular weight excluding hydrogens is 460 g/mol. The number of rotatable bonds is 7. The Morgan fingerprint density at radius 2 is 1.86 bits per heavy atom. The third kappa shape index (κ3) is 3.57. The lowest BCUT2D eigenvalue weighted by molar-refractivity contribution is -0.139. The zero-order valence-electron chi connectivity index (χ0n) is 21.0. The number of hydrogen-bond donors (Lipinski definition) is 1. The fourth-order valence-electron chi connectivity index (χ4n) is 5.41. The number of nitrogens with zero attached hydrogens (tertiary/aromatic N) is 8. The van der Waals surface area contributed by atoms with E-state index in [4.69, 9.17) is 29.4 Å². The van der Waals surface area contributed by atoms with Crippen LogP contribution in [0.1, 0.15) is 18.6 Å². The van der Waals surface area contributed by atoms with Crippen molar-refractivity contribution in [2.45, 2.75) is 18.9 Å². The van der Waals surface area contributed by atoms with E-state index in [1.54, 1.807) is 7.11 Å². The Morgan fingerprint density at radius 1 is 1.08 bits per heavy atom. The third-order valence-corrected chi connectivity index (χ3v) is 7.32. The van der Waals surface area contributed by atoms with Crippen molar-refractivity contribution in [1.82, 2.24) is 34.0 Å². The standard InChI is InChI=1S/C25H32N8O3/c1-4-19-26-17-7-5-6-8-18(17)33(19)24-28-21-20(22(29-24)32-10-13-36-14-11-32)27-23(30(21)2)25(35-3)15-31(16-25)9-12-34/h5-8,34H,4,9-16H2,1-3H3. The molecule has 1 aromatic carbocycles. The lowest BCUT2D eigenvalue weighted by Gasteiger charge is -2.48. The topological polar surface area (TPSA) is 107 Å². The van der Waals surface area contributed by atoms with E-state index in [0.29, 0.717) is 38.8 Å². The molecule has 5 heterocycles. The normalized spacial score (nSPS) is 18.3. The Labute approximate surface area is 209 Å². The van der Waals surface area contributed by atoms with Crippen LogP contribution < -0.4 is 4.90 Å². The van der Waals surface area contributed by atoms with Crippen molar-refractivity contribution in [2.75, 3.05) is 64.6 Å². The first-order valence-electron chi connectivity index (χ1n) is 12.5. The summed E-state index contributed by atoms with van der Waals surface area (Å²) < 4.78 is 15.7. The fraction of sp³-hybridized carbons (Fsp3) is 0.520. The van der Waals surface area contributed by atoms with Crippen LogP contribution in [0.5, 0.6) is 0 Å². The predicted octanol–water partition coefficient (Wildman–Crippen LogP) is 1.25. The van der Waals surface area contributed by atoms with Gasteiger partial charge in [-0.15, -0.1) is 0 Å². The van der Waals surface area contributed by atoms with Crippen molar-refractivity contribution in [3.63, 3.8) is 0 Å². The minimum atomic E-state index is -0.552. The van der Waals surface area contributed by atoms with Crippen LogP contribution in [0.2, 0.25) is 0 Å². The molecule has 2 aliphatic rings. The Bertz CT molecular complexity index is 1400. The molecule has 36 heavy (non-hydrogen) atoms. The number of β-amino-alcohol motifs (C(OH)–C–C–N with tert-alkyl or cyclic N) is 1.